The van der Waals surface area contributed by atoms with Gasteiger partial charge in [0.05, 0.1) is 18.2 Å². The quantitative estimate of drug-likeness (QED) is 0.276. The average molecular weight is 376 g/mol. The summed E-state index contributed by atoms with van der Waals surface area (Å²) in [7, 11) is 0. The molecule has 0 saturated carbocycles. The molecule has 3 N–H and O–H groups in total. The Kier molecular flexibility index (Phi) is 9.15. The summed E-state index contributed by atoms with van der Waals surface area (Å²) in [5.41, 5.74) is 1.14. The van der Waals surface area contributed by atoms with E-state index in [1.165, 1.54) is 13.0 Å². The molecule has 0 aromatic rings. The van der Waals surface area contributed by atoms with Crippen molar-refractivity contribution in [1.29, 1.82) is 5.41 Å². The molecule has 5 atom stereocenters. The minimum Gasteiger partial charge on any atom is -0.373 e. The summed E-state index contributed by atoms with van der Waals surface area (Å²) in [4.78, 5) is 23.2. The highest BCUT2D eigenvalue weighted by atomic mass is 16.5. The largest absolute Gasteiger partial charge is 0.373 e. The van der Waals surface area contributed by atoms with Crippen molar-refractivity contribution in [2.75, 3.05) is 0 Å². The molecule has 6 nitrogen and oxygen atoms in total. The minimum atomic E-state index is -0.345. The molecule has 0 aliphatic carbocycles. The SMILES string of the molecule is C=C/C(C)=C/CC1OC(C)C(NC(=O)/C=C\C(C)C(=N)NC(C)=O)CC1C. The van der Waals surface area contributed by atoms with Gasteiger partial charge in [0.2, 0.25) is 11.8 Å². The number of carbonyl (C=O) groups is 2. The smallest absolute Gasteiger partial charge is 0.243 e. The molecule has 1 fully saturated rings. The number of allylic oxidation sites excluding steroid dienone is 2. The third-order valence-corrected chi connectivity index (χ3v) is 4.84. The van der Waals surface area contributed by atoms with Gasteiger partial charge in [-0.2, -0.15) is 0 Å². The van der Waals surface area contributed by atoms with Gasteiger partial charge in [-0.05, 0) is 38.7 Å². The lowest BCUT2D eigenvalue weighted by Crippen LogP contribution is -2.50. The molecule has 0 aromatic carbocycles. The number of amides is 2. The molecule has 0 spiro atoms. The Morgan fingerprint density at radius 3 is 2.59 bits per heavy atom. The molecule has 27 heavy (non-hydrogen) atoms. The van der Waals surface area contributed by atoms with Crippen LogP contribution in [0.4, 0.5) is 0 Å². The predicted molar refractivity (Wildman–Crippen MR) is 108 cm³/mol. The molecule has 1 aliphatic heterocycles. The zero-order valence-corrected chi connectivity index (χ0v) is 17.0. The fourth-order valence-electron chi connectivity index (χ4n) is 2.96. The number of amidine groups is 1. The number of rotatable bonds is 7. The summed E-state index contributed by atoms with van der Waals surface area (Å²) in [6.07, 6.45) is 8.74. The van der Waals surface area contributed by atoms with Crippen molar-refractivity contribution in [3.05, 3.63) is 36.5 Å². The number of carbonyl (C=O) groups excluding carboxylic acids is 2. The Hall–Kier alpha value is -2.21. The van der Waals surface area contributed by atoms with Crippen LogP contribution in [0.5, 0.6) is 0 Å². The van der Waals surface area contributed by atoms with Gasteiger partial charge in [0.15, 0.2) is 0 Å². The maximum Gasteiger partial charge on any atom is 0.243 e. The van der Waals surface area contributed by atoms with Gasteiger partial charge in [-0.3, -0.25) is 15.0 Å². The van der Waals surface area contributed by atoms with E-state index in [1.54, 1.807) is 13.0 Å². The molecule has 1 rings (SSSR count). The van der Waals surface area contributed by atoms with Crippen LogP contribution in [-0.2, 0) is 14.3 Å². The molecule has 0 aromatic heterocycles. The van der Waals surface area contributed by atoms with E-state index in [1.807, 2.05) is 19.9 Å². The monoisotopic (exact) mass is 375 g/mol. The summed E-state index contributed by atoms with van der Waals surface area (Å²) in [5.74, 6) is -0.454. The zero-order chi connectivity index (χ0) is 20.6. The summed E-state index contributed by atoms with van der Waals surface area (Å²) in [5, 5.41) is 13.2. The molecule has 150 valence electrons. The van der Waals surface area contributed by atoms with Crippen LogP contribution in [0, 0.1) is 17.2 Å². The van der Waals surface area contributed by atoms with Crippen molar-refractivity contribution in [3.63, 3.8) is 0 Å². The number of nitrogens with one attached hydrogen (secondary N) is 3. The maximum atomic E-state index is 12.2. The maximum absolute atomic E-state index is 12.2. The van der Waals surface area contributed by atoms with Crippen molar-refractivity contribution in [3.8, 4) is 0 Å². The Balaban J connectivity index is 2.56. The number of ether oxygens (including phenoxy) is 1. The van der Waals surface area contributed by atoms with E-state index < -0.39 is 0 Å². The Bertz CT molecular complexity index is 624. The molecule has 6 heteroatoms. The van der Waals surface area contributed by atoms with Crippen LogP contribution in [0.15, 0.2) is 36.5 Å². The van der Waals surface area contributed by atoms with Crippen LogP contribution < -0.4 is 10.6 Å². The number of hydrogen-bond acceptors (Lipinski definition) is 4. The van der Waals surface area contributed by atoms with Crippen molar-refractivity contribution in [1.82, 2.24) is 10.6 Å². The van der Waals surface area contributed by atoms with Crippen molar-refractivity contribution >= 4 is 17.6 Å². The van der Waals surface area contributed by atoms with E-state index in [4.69, 9.17) is 10.1 Å². The van der Waals surface area contributed by atoms with E-state index in [0.29, 0.717) is 5.92 Å². The number of hydrogen-bond donors (Lipinski definition) is 3. The molecule has 0 bridgehead atoms. The molecule has 5 unspecified atom stereocenters. The van der Waals surface area contributed by atoms with Crippen LogP contribution in [0.1, 0.15) is 47.5 Å². The summed E-state index contributed by atoms with van der Waals surface area (Å²) in [6.45, 7) is 13.0. The molecular formula is C21H33N3O3. The van der Waals surface area contributed by atoms with Crippen LogP contribution in [0.3, 0.4) is 0 Å². The molecule has 0 radical (unpaired) electrons. The fourth-order valence-corrected chi connectivity index (χ4v) is 2.96. The Morgan fingerprint density at radius 1 is 1.33 bits per heavy atom. The molecule has 2 amide bonds. The van der Waals surface area contributed by atoms with Crippen molar-refractivity contribution in [2.24, 2.45) is 11.8 Å². The summed E-state index contributed by atoms with van der Waals surface area (Å²) in [6, 6.07) is -0.0528. The predicted octanol–water partition coefficient (Wildman–Crippen LogP) is 3.11. The van der Waals surface area contributed by atoms with E-state index in [0.717, 1.165) is 18.4 Å². The lowest BCUT2D eigenvalue weighted by Gasteiger charge is -2.39. The van der Waals surface area contributed by atoms with Gasteiger partial charge in [0, 0.05) is 12.8 Å². The first-order valence-corrected chi connectivity index (χ1v) is 9.43. The first kappa shape index (κ1) is 22.8. The lowest BCUT2D eigenvalue weighted by atomic mass is 9.88. The van der Waals surface area contributed by atoms with Crippen LogP contribution in [0.25, 0.3) is 0 Å². The fraction of sp³-hybridized carbons (Fsp3) is 0.571. The standard InChI is InChI=1S/C21H33N3O3/c1-7-13(2)8-10-19-15(4)12-18(16(5)27-19)24-20(26)11-9-14(3)21(22)23-17(6)25/h7-9,11,14-16,18-19H,1,10,12H2,2-6H3,(H,24,26)(H2,22,23,25)/b11-9-,13-8+. The average Bonchev–Trinajstić information content (AvgIpc) is 2.60. The topological polar surface area (TPSA) is 91.3 Å². The third-order valence-electron chi connectivity index (χ3n) is 4.84. The van der Waals surface area contributed by atoms with Crippen molar-refractivity contribution in [2.45, 2.75) is 65.7 Å². The second kappa shape index (κ2) is 10.8. The van der Waals surface area contributed by atoms with E-state index in [2.05, 4.69) is 30.2 Å². The molecular weight excluding hydrogens is 342 g/mol. The van der Waals surface area contributed by atoms with Gasteiger partial charge >= 0.3 is 0 Å². The molecule has 1 aliphatic rings. The highest BCUT2D eigenvalue weighted by Gasteiger charge is 2.33. The van der Waals surface area contributed by atoms with Crippen LogP contribution in [0.2, 0.25) is 0 Å². The lowest BCUT2D eigenvalue weighted by molar-refractivity contribution is -0.123. The van der Waals surface area contributed by atoms with Gasteiger partial charge in [0.25, 0.3) is 0 Å². The van der Waals surface area contributed by atoms with E-state index >= 15 is 0 Å². The normalized spacial score (nSPS) is 27.1. The van der Waals surface area contributed by atoms with Gasteiger partial charge in [-0.15, -0.1) is 0 Å². The van der Waals surface area contributed by atoms with Gasteiger partial charge in [-0.1, -0.05) is 44.2 Å². The minimum absolute atomic E-state index is 0.0528. The molecule has 1 heterocycles. The van der Waals surface area contributed by atoms with Crippen LogP contribution >= 0.6 is 0 Å². The highest BCUT2D eigenvalue weighted by molar-refractivity contribution is 5.98. The molecule has 1 saturated heterocycles. The van der Waals surface area contributed by atoms with E-state index in [9.17, 15) is 9.59 Å². The first-order chi connectivity index (χ1) is 12.6. The van der Waals surface area contributed by atoms with Gasteiger partial charge in [0.1, 0.15) is 5.84 Å². The van der Waals surface area contributed by atoms with Gasteiger partial charge in [-0.25, -0.2) is 0 Å². The van der Waals surface area contributed by atoms with Crippen molar-refractivity contribution < 1.29 is 14.3 Å². The van der Waals surface area contributed by atoms with Crippen LogP contribution in [-0.4, -0.2) is 35.9 Å². The van der Waals surface area contributed by atoms with E-state index in [-0.39, 0.29) is 41.8 Å². The van der Waals surface area contributed by atoms with Gasteiger partial charge < -0.3 is 15.4 Å². The summed E-state index contributed by atoms with van der Waals surface area (Å²) < 4.78 is 6.12. The Labute approximate surface area is 162 Å². The second-order valence-electron chi connectivity index (χ2n) is 7.34. The summed E-state index contributed by atoms with van der Waals surface area (Å²) >= 11 is 0. The second-order valence-corrected chi connectivity index (χ2v) is 7.34. The Morgan fingerprint density at radius 2 is 2.00 bits per heavy atom. The first-order valence-electron chi connectivity index (χ1n) is 9.43. The zero-order valence-electron chi connectivity index (χ0n) is 17.0. The highest BCUT2D eigenvalue weighted by Crippen LogP contribution is 2.27. The third kappa shape index (κ3) is 7.91.